The van der Waals surface area contributed by atoms with E-state index in [4.69, 9.17) is 25.1 Å². The highest BCUT2D eigenvalue weighted by Gasteiger charge is 2.12. The molecule has 0 atom stereocenters. The maximum absolute atomic E-state index is 12.5. The van der Waals surface area contributed by atoms with Crippen molar-refractivity contribution in [2.75, 3.05) is 13.7 Å². The number of carbonyl (C=O) groups excluding carboxylic acids is 1. The zero-order chi connectivity index (χ0) is 26.2. The van der Waals surface area contributed by atoms with Crippen LogP contribution >= 0.6 is 0 Å². The van der Waals surface area contributed by atoms with Gasteiger partial charge in [0.05, 0.1) is 13.3 Å². The Bertz CT molecular complexity index is 1420. The second kappa shape index (κ2) is 11.7. The lowest BCUT2D eigenvalue weighted by Crippen LogP contribution is -2.17. The van der Waals surface area contributed by atoms with E-state index in [0.29, 0.717) is 28.6 Å². The molecule has 2 aromatic carbocycles. The predicted octanol–water partition coefficient (Wildman–Crippen LogP) is 5.05. The summed E-state index contributed by atoms with van der Waals surface area (Å²) < 4.78 is 24.5. The molecule has 0 aliphatic carbocycles. The molecular formula is C29H27N3O5. The highest BCUT2D eigenvalue weighted by Crippen LogP contribution is 2.30. The van der Waals surface area contributed by atoms with Crippen LogP contribution in [0.25, 0.3) is 5.69 Å². The van der Waals surface area contributed by atoms with Crippen molar-refractivity contribution in [3.63, 3.8) is 0 Å². The van der Waals surface area contributed by atoms with E-state index < -0.39 is 5.91 Å². The summed E-state index contributed by atoms with van der Waals surface area (Å²) >= 11 is 0. The van der Waals surface area contributed by atoms with E-state index in [-0.39, 0.29) is 19.0 Å². The number of terminal acetylenes is 1. The van der Waals surface area contributed by atoms with Gasteiger partial charge < -0.3 is 23.2 Å². The van der Waals surface area contributed by atoms with Crippen molar-refractivity contribution in [1.29, 1.82) is 0 Å². The number of ether oxygens (including phenoxy) is 3. The van der Waals surface area contributed by atoms with Crippen LogP contribution in [0.4, 0.5) is 0 Å². The van der Waals surface area contributed by atoms with Gasteiger partial charge >= 0.3 is 5.91 Å². The minimum Gasteiger partial charge on any atom is -0.493 e. The lowest BCUT2D eigenvalue weighted by atomic mass is 10.2. The summed E-state index contributed by atoms with van der Waals surface area (Å²) in [6.07, 6.45) is 6.73. The molecule has 0 aliphatic rings. The number of aryl methyl sites for hydroxylation is 2. The van der Waals surface area contributed by atoms with Crippen LogP contribution in [-0.4, -0.2) is 30.4 Å². The third kappa shape index (κ3) is 6.03. The van der Waals surface area contributed by atoms with E-state index in [0.717, 1.165) is 17.1 Å². The van der Waals surface area contributed by atoms with Gasteiger partial charge in [0, 0.05) is 22.6 Å². The van der Waals surface area contributed by atoms with E-state index >= 15 is 0 Å². The molecule has 4 rings (SSSR count). The number of nitrogens with zero attached hydrogens (tertiary/aromatic N) is 2. The second-order valence-electron chi connectivity index (χ2n) is 8.07. The average Bonchev–Trinajstić information content (AvgIpc) is 3.53. The van der Waals surface area contributed by atoms with Crippen molar-refractivity contribution in [2.24, 2.45) is 5.10 Å². The molecule has 0 fully saturated rings. The third-order valence-electron chi connectivity index (χ3n) is 5.53. The number of nitrogens with one attached hydrogen (secondary N) is 1. The second-order valence-corrected chi connectivity index (χ2v) is 8.07. The van der Waals surface area contributed by atoms with Crippen LogP contribution in [-0.2, 0) is 6.61 Å². The molecule has 0 saturated carbocycles. The zero-order valence-corrected chi connectivity index (χ0v) is 20.9. The van der Waals surface area contributed by atoms with E-state index in [1.165, 1.54) is 13.3 Å². The highest BCUT2D eigenvalue weighted by molar-refractivity contribution is 5.93. The predicted molar refractivity (Wildman–Crippen MR) is 141 cm³/mol. The summed E-state index contributed by atoms with van der Waals surface area (Å²) in [7, 11) is 1.53. The van der Waals surface area contributed by atoms with Crippen molar-refractivity contribution in [1.82, 2.24) is 9.99 Å². The Balaban J connectivity index is 1.33. The first kappa shape index (κ1) is 25.2. The van der Waals surface area contributed by atoms with Crippen LogP contribution in [0.15, 0.2) is 76.2 Å². The van der Waals surface area contributed by atoms with E-state index in [2.05, 4.69) is 47.0 Å². The van der Waals surface area contributed by atoms with Gasteiger partial charge in [-0.3, -0.25) is 4.79 Å². The summed E-state index contributed by atoms with van der Waals surface area (Å²) in [5.74, 6) is 4.16. The van der Waals surface area contributed by atoms with Crippen LogP contribution in [0.5, 0.6) is 17.2 Å². The first-order valence-electron chi connectivity index (χ1n) is 11.5. The third-order valence-corrected chi connectivity index (χ3v) is 5.53. The Kier molecular flexibility index (Phi) is 7.96. The number of aromatic nitrogens is 1. The first-order valence-corrected chi connectivity index (χ1v) is 11.5. The smallest absolute Gasteiger partial charge is 0.307 e. The number of carbonyl (C=O) groups is 1. The molecule has 0 saturated heterocycles. The molecule has 2 aromatic heterocycles. The lowest BCUT2D eigenvalue weighted by Gasteiger charge is -2.11. The van der Waals surface area contributed by atoms with Gasteiger partial charge in [-0.25, -0.2) is 5.43 Å². The van der Waals surface area contributed by atoms with E-state index in [1.807, 2.05) is 24.3 Å². The fourth-order valence-corrected chi connectivity index (χ4v) is 3.78. The standard InChI is InChI=1S/C29H27N3O5/c1-5-17-35-28-22(7-6-8-26(28)34-4)18-30-31-29(33)27-16-15-25(37-27)19-36-24-13-11-23(12-14-24)32-20(2)9-10-21(32)3/h1,6-16,18H,17,19H2,2-4H3,(H,31,33). The number of benzene rings is 2. The molecule has 1 amide bonds. The van der Waals surface area contributed by atoms with Crippen molar-refractivity contribution < 1.29 is 23.4 Å². The number of para-hydroxylation sites is 1. The quantitative estimate of drug-likeness (QED) is 0.188. The Morgan fingerprint density at radius 3 is 2.51 bits per heavy atom. The average molecular weight is 498 g/mol. The molecule has 1 N–H and O–H groups in total. The van der Waals surface area contributed by atoms with Crippen LogP contribution in [0.3, 0.4) is 0 Å². The summed E-state index contributed by atoms with van der Waals surface area (Å²) in [6.45, 7) is 4.39. The summed E-state index contributed by atoms with van der Waals surface area (Å²) in [5.41, 5.74) is 6.43. The van der Waals surface area contributed by atoms with Gasteiger partial charge in [0.15, 0.2) is 17.3 Å². The van der Waals surface area contributed by atoms with Crippen molar-refractivity contribution in [2.45, 2.75) is 20.5 Å². The lowest BCUT2D eigenvalue weighted by molar-refractivity contribution is 0.0923. The molecule has 4 aromatic rings. The summed E-state index contributed by atoms with van der Waals surface area (Å²) in [4.78, 5) is 12.5. The number of hydrazone groups is 1. The van der Waals surface area contributed by atoms with Crippen molar-refractivity contribution in [3.05, 3.63) is 95.2 Å². The van der Waals surface area contributed by atoms with E-state index in [1.54, 1.807) is 30.3 Å². The number of amides is 1. The largest absolute Gasteiger partial charge is 0.493 e. The fraction of sp³-hybridized carbons (Fsp3) is 0.172. The molecule has 0 bridgehead atoms. The monoisotopic (exact) mass is 497 g/mol. The van der Waals surface area contributed by atoms with Gasteiger partial charge in [0.1, 0.15) is 24.7 Å². The number of rotatable bonds is 10. The molecule has 8 nitrogen and oxygen atoms in total. The first-order chi connectivity index (χ1) is 18.0. The van der Waals surface area contributed by atoms with Crippen LogP contribution in [0.2, 0.25) is 0 Å². The van der Waals surface area contributed by atoms with Gasteiger partial charge in [-0.15, -0.1) is 6.42 Å². The molecule has 188 valence electrons. The Morgan fingerprint density at radius 2 is 1.81 bits per heavy atom. The molecule has 37 heavy (non-hydrogen) atoms. The molecule has 2 heterocycles. The maximum atomic E-state index is 12.5. The Hall–Kier alpha value is -4.90. The van der Waals surface area contributed by atoms with Crippen LogP contribution < -0.4 is 19.6 Å². The molecule has 0 unspecified atom stereocenters. The maximum Gasteiger partial charge on any atom is 0.307 e. The molecular weight excluding hydrogens is 470 g/mol. The van der Waals surface area contributed by atoms with Crippen LogP contribution in [0, 0.1) is 26.2 Å². The number of furan rings is 1. The minimum atomic E-state index is -0.502. The molecule has 0 radical (unpaired) electrons. The van der Waals surface area contributed by atoms with Gasteiger partial charge in [-0.2, -0.15) is 5.10 Å². The highest BCUT2D eigenvalue weighted by atomic mass is 16.5. The topological polar surface area (TPSA) is 87.2 Å². The summed E-state index contributed by atoms with van der Waals surface area (Å²) in [6, 6.07) is 20.5. The Morgan fingerprint density at radius 1 is 1.05 bits per heavy atom. The van der Waals surface area contributed by atoms with Crippen molar-refractivity contribution in [3.8, 4) is 35.3 Å². The molecule has 0 aliphatic heterocycles. The SMILES string of the molecule is C#CCOc1c(C=NNC(=O)c2ccc(COc3ccc(-n4c(C)ccc4C)cc3)o2)cccc1OC. The van der Waals surface area contributed by atoms with Gasteiger partial charge in [-0.05, 0) is 74.5 Å². The number of hydrogen-bond acceptors (Lipinski definition) is 6. The van der Waals surface area contributed by atoms with E-state index in [9.17, 15) is 4.79 Å². The van der Waals surface area contributed by atoms with Gasteiger partial charge in [-0.1, -0.05) is 12.0 Å². The molecule has 8 heteroatoms. The minimum absolute atomic E-state index is 0.0709. The van der Waals surface area contributed by atoms with Crippen molar-refractivity contribution >= 4 is 12.1 Å². The Labute approximate surface area is 215 Å². The fourth-order valence-electron chi connectivity index (χ4n) is 3.78. The van der Waals surface area contributed by atoms with Gasteiger partial charge in [0.2, 0.25) is 0 Å². The summed E-state index contributed by atoms with van der Waals surface area (Å²) in [5, 5.41) is 4.00. The van der Waals surface area contributed by atoms with Gasteiger partial charge in [0.25, 0.3) is 0 Å². The molecule has 0 spiro atoms. The zero-order valence-electron chi connectivity index (χ0n) is 20.9. The number of methoxy groups -OCH3 is 1. The van der Waals surface area contributed by atoms with Crippen LogP contribution in [0.1, 0.15) is 33.3 Å². The normalized spacial score (nSPS) is 10.8. The number of hydrogen-bond donors (Lipinski definition) is 1.